The molecule has 0 saturated heterocycles. The Hall–Kier alpha value is -1.71. The minimum Gasteiger partial charge on any atom is -0.477 e. The molecule has 0 saturated carbocycles. The molecule has 1 aromatic carbocycles. The largest absolute Gasteiger partial charge is 0.477 e. The molecule has 0 bridgehead atoms. The molecule has 62 valence electrons. The van der Waals surface area contributed by atoms with Crippen molar-refractivity contribution in [3.05, 3.63) is 24.3 Å². The first-order chi connectivity index (χ1) is 5.77. The normalized spacial score (nSPS) is 19.2. The summed E-state index contributed by atoms with van der Waals surface area (Å²) in [7, 11) is 0. The molecule has 12 heavy (non-hydrogen) atoms. The van der Waals surface area contributed by atoms with Crippen LogP contribution in [0.2, 0.25) is 0 Å². The zero-order valence-electron chi connectivity index (χ0n) is 6.15. The first-order valence-corrected chi connectivity index (χ1v) is 3.52. The molecule has 2 N–H and O–H groups in total. The lowest BCUT2D eigenvalue weighted by Gasteiger charge is -2.03. The zero-order valence-corrected chi connectivity index (χ0v) is 6.15. The van der Waals surface area contributed by atoms with Gasteiger partial charge in [-0.25, -0.2) is 4.79 Å². The van der Waals surface area contributed by atoms with Crippen LogP contribution in [-0.2, 0) is 4.79 Å². The minimum absolute atomic E-state index is 0.588. The second-order valence-electron chi connectivity index (χ2n) is 2.48. The van der Waals surface area contributed by atoms with Crippen molar-refractivity contribution in [2.75, 3.05) is 5.32 Å². The average Bonchev–Trinajstić information content (AvgIpc) is 2.46. The predicted octanol–water partition coefficient (Wildman–Crippen LogP) is 0.902. The van der Waals surface area contributed by atoms with Gasteiger partial charge in [-0.15, -0.1) is 0 Å². The molecular weight excluding hydrogens is 158 g/mol. The molecule has 0 aliphatic carbocycles. The molecule has 1 aliphatic rings. The zero-order chi connectivity index (χ0) is 8.55. The lowest BCUT2D eigenvalue weighted by Crippen LogP contribution is -2.29. The van der Waals surface area contributed by atoms with Gasteiger partial charge in [0.15, 0.2) is 0 Å². The summed E-state index contributed by atoms with van der Waals surface area (Å²) in [4.78, 5) is 10.5. The van der Waals surface area contributed by atoms with Gasteiger partial charge in [0.2, 0.25) is 0 Å². The van der Waals surface area contributed by atoms with Crippen LogP contribution in [0.25, 0.3) is 0 Å². The molecule has 0 amide bonds. The van der Waals surface area contributed by atoms with Crippen molar-refractivity contribution < 1.29 is 14.6 Å². The number of carboxylic acid groups (broad SMARTS) is 1. The highest BCUT2D eigenvalue weighted by Gasteiger charge is 2.26. The molecule has 1 aliphatic heterocycles. The maximum Gasteiger partial charge on any atom is 0.366 e. The van der Waals surface area contributed by atoms with Gasteiger partial charge in [0, 0.05) is 0 Å². The van der Waals surface area contributed by atoms with E-state index in [0.29, 0.717) is 5.75 Å². The number of aliphatic carboxylic acids is 1. The molecule has 2 rings (SSSR count). The first-order valence-electron chi connectivity index (χ1n) is 3.52. The van der Waals surface area contributed by atoms with Crippen LogP contribution in [0.3, 0.4) is 0 Å². The van der Waals surface area contributed by atoms with Crippen molar-refractivity contribution in [3.63, 3.8) is 0 Å². The Morgan fingerprint density at radius 3 is 2.92 bits per heavy atom. The Labute approximate surface area is 68.8 Å². The highest BCUT2D eigenvalue weighted by atomic mass is 16.5. The molecule has 1 unspecified atom stereocenters. The Kier molecular flexibility index (Phi) is 1.40. The van der Waals surface area contributed by atoms with Crippen molar-refractivity contribution in [1.29, 1.82) is 0 Å². The summed E-state index contributed by atoms with van der Waals surface area (Å²) in [5.41, 5.74) is 0.727. The maximum atomic E-state index is 10.5. The number of carboxylic acids is 1. The molecule has 0 radical (unpaired) electrons. The molecule has 1 aromatic rings. The van der Waals surface area contributed by atoms with Crippen LogP contribution in [0.1, 0.15) is 0 Å². The van der Waals surface area contributed by atoms with Crippen LogP contribution in [0.15, 0.2) is 24.3 Å². The van der Waals surface area contributed by atoms with Crippen molar-refractivity contribution >= 4 is 11.7 Å². The van der Waals surface area contributed by atoms with E-state index in [2.05, 4.69) is 5.32 Å². The molecule has 0 spiro atoms. The number of para-hydroxylation sites is 2. The monoisotopic (exact) mass is 165 g/mol. The fourth-order valence-corrected chi connectivity index (χ4v) is 1.10. The number of hydrogen-bond acceptors (Lipinski definition) is 3. The Bertz CT molecular complexity index is 299. The number of carbonyl (C=O) groups is 1. The van der Waals surface area contributed by atoms with Crippen LogP contribution >= 0.6 is 0 Å². The van der Waals surface area contributed by atoms with Gasteiger partial charge in [0.25, 0.3) is 6.23 Å². The van der Waals surface area contributed by atoms with Gasteiger partial charge in [0.1, 0.15) is 5.75 Å². The van der Waals surface area contributed by atoms with Gasteiger partial charge in [-0.2, -0.15) is 0 Å². The third-order valence-electron chi connectivity index (χ3n) is 1.64. The fraction of sp³-hybridized carbons (Fsp3) is 0.125. The second-order valence-corrected chi connectivity index (χ2v) is 2.48. The molecule has 1 atom stereocenters. The summed E-state index contributed by atoms with van der Waals surface area (Å²) in [5.74, 6) is -0.420. The summed E-state index contributed by atoms with van der Waals surface area (Å²) in [5, 5.41) is 11.3. The van der Waals surface area contributed by atoms with E-state index in [1.165, 1.54) is 0 Å². The first kappa shape index (κ1) is 6.97. The van der Waals surface area contributed by atoms with E-state index in [0.717, 1.165) is 5.69 Å². The highest BCUT2D eigenvalue weighted by Crippen LogP contribution is 2.30. The summed E-state index contributed by atoms with van der Waals surface area (Å²) in [6, 6.07) is 7.12. The third-order valence-corrected chi connectivity index (χ3v) is 1.64. The van der Waals surface area contributed by atoms with Crippen LogP contribution < -0.4 is 10.1 Å². The molecule has 4 nitrogen and oxygen atoms in total. The fourth-order valence-electron chi connectivity index (χ4n) is 1.10. The molecule has 4 heteroatoms. The summed E-state index contributed by atoms with van der Waals surface area (Å²) >= 11 is 0. The summed E-state index contributed by atoms with van der Waals surface area (Å²) in [6.45, 7) is 0. The summed E-state index contributed by atoms with van der Waals surface area (Å²) < 4.78 is 5.06. The SMILES string of the molecule is O=C(O)C1Nc2ccccc2O1. The van der Waals surface area contributed by atoms with E-state index in [1.54, 1.807) is 18.2 Å². The maximum absolute atomic E-state index is 10.5. The van der Waals surface area contributed by atoms with E-state index in [4.69, 9.17) is 9.84 Å². The highest BCUT2D eigenvalue weighted by molar-refractivity contribution is 5.79. The van der Waals surface area contributed by atoms with Crippen molar-refractivity contribution in [2.24, 2.45) is 0 Å². The van der Waals surface area contributed by atoms with Gasteiger partial charge >= 0.3 is 5.97 Å². The number of rotatable bonds is 1. The van der Waals surface area contributed by atoms with Crippen molar-refractivity contribution in [2.45, 2.75) is 6.23 Å². The van der Waals surface area contributed by atoms with Gasteiger partial charge < -0.3 is 15.2 Å². The topological polar surface area (TPSA) is 58.6 Å². The number of fused-ring (bicyclic) bond motifs is 1. The Morgan fingerprint density at radius 2 is 2.25 bits per heavy atom. The number of benzene rings is 1. The molecule has 1 heterocycles. The quantitative estimate of drug-likeness (QED) is 0.649. The van der Waals surface area contributed by atoms with E-state index in [-0.39, 0.29) is 0 Å². The smallest absolute Gasteiger partial charge is 0.366 e. The Balaban J connectivity index is 2.27. The molecular formula is C8H7NO3. The van der Waals surface area contributed by atoms with E-state index < -0.39 is 12.2 Å². The van der Waals surface area contributed by atoms with Crippen molar-refractivity contribution in [1.82, 2.24) is 0 Å². The number of nitrogens with one attached hydrogen (secondary N) is 1. The number of ether oxygens (including phenoxy) is 1. The van der Waals surface area contributed by atoms with Gasteiger partial charge in [0.05, 0.1) is 5.69 Å². The average molecular weight is 165 g/mol. The lowest BCUT2D eigenvalue weighted by molar-refractivity contribution is -0.143. The third kappa shape index (κ3) is 0.972. The van der Waals surface area contributed by atoms with E-state index in [1.807, 2.05) is 6.07 Å². The van der Waals surface area contributed by atoms with Crippen LogP contribution in [0.4, 0.5) is 5.69 Å². The van der Waals surface area contributed by atoms with Gasteiger partial charge in [-0.3, -0.25) is 0 Å². The van der Waals surface area contributed by atoms with E-state index >= 15 is 0 Å². The second kappa shape index (κ2) is 2.41. The standard InChI is InChI=1S/C8H7NO3/c10-8(11)7-9-5-3-1-2-4-6(5)12-7/h1-4,7,9H,(H,10,11). The van der Waals surface area contributed by atoms with Crippen molar-refractivity contribution in [3.8, 4) is 5.75 Å². The van der Waals surface area contributed by atoms with Crippen LogP contribution in [0, 0.1) is 0 Å². The summed E-state index contributed by atoms with van der Waals surface area (Å²) in [6.07, 6.45) is -0.942. The molecule has 0 fully saturated rings. The predicted molar refractivity (Wildman–Crippen MR) is 42.1 cm³/mol. The molecule has 0 aromatic heterocycles. The van der Waals surface area contributed by atoms with Gasteiger partial charge in [-0.05, 0) is 12.1 Å². The van der Waals surface area contributed by atoms with Crippen LogP contribution in [-0.4, -0.2) is 17.3 Å². The van der Waals surface area contributed by atoms with Crippen LogP contribution in [0.5, 0.6) is 5.75 Å². The van der Waals surface area contributed by atoms with E-state index in [9.17, 15) is 4.79 Å². The number of anilines is 1. The van der Waals surface area contributed by atoms with Gasteiger partial charge in [-0.1, -0.05) is 12.1 Å². The number of hydrogen-bond donors (Lipinski definition) is 2. The minimum atomic E-state index is -1.01. The lowest BCUT2D eigenvalue weighted by atomic mass is 10.3. The Morgan fingerprint density at radius 1 is 1.50 bits per heavy atom.